The molecule has 66 valence electrons. The number of nitrogens with one attached hydrogen (secondary N) is 1. The smallest absolute Gasteiger partial charge is 0.0951 e. The van der Waals surface area contributed by atoms with Gasteiger partial charge in [-0.05, 0) is 25.8 Å². The van der Waals surface area contributed by atoms with Gasteiger partial charge in [-0.15, -0.1) is 0 Å². The summed E-state index contributed by atoms with van der Waals surface area (Å²) < 4.78 is 0. The van der Waals surface area contributed by atoms with Crippen molar-refractivity contribution in [2.24, 2.45) is 0 Å². The molecular formula is C8H17NO2. The zero-order chi connectivity index (χ0) is 8.27. The molecule has 1 aliphatic carbocycles. The van der Waals surface area contributed by atoms with E-state index in [1.165, 1.54) is 0 Å². The van der Waals surface area contributed by atoms with Crippen molar-refractivity contribution < 1.29 is 10.2 Å². The van der Waals surface area contributed by atoms with Gasteiger partial charge in [0.15, 0.2) is 0 Å². The van der Waals surface area contributed by atoms with Gasteiger partial charge in [0, 0.05) is 6.04 Å². The maximum absolute atomic E-state index is 9.46. The number of hydrogen-bond acceptors (Lipinski definition) is 3. The largest absolute Gasteiger partial charge is 0.390 e. The Morgan fingerprint density at radius 3 is 2.73 bits per heavy atom. The molecule has 1 rings (SSSR count). The van der Waals surface area contributed by atoms with Gasteiger partial charge in [-0.25, -0.2) is 0 Å². The number of likely N-dealkylation sites (N-methyl/N-ethyl adjacent to an activating group) is 1. The van der Waals surface area contributed by atoms with Gasteiger partial charge in [0.1, 0.15) is 0 Å². The molecule has 0 saturated heterocycles. The first-order valence-electron chi connectivity index (χ1n) is 4.35. The molecule has 0 aliphatic heterocycles. The van der Waals surface area contributed by atoms with Crippen molar-refractivity contribution in [2.75, 3.05) is 6.54 Å². The maximum Gasteiger partial charge on any atom is 0.0951 e. The molecule has 0 amide bonds. The summed E-state index contributed by atoms with van der Waals surface area (Å²) in [5.74, 6) is 0. The quantitative estimate of drug-likeness (QED) is 0.526. The van der Waals surface area contributed by atoms with Crippen LogP contribution in [0.1, 0.15) is 26.2 Å². The molecular weight excluding hydrogens is 142 g/mol. The van der Waals surface area contributed by atoms with Gasteiger partial charge in [0.2, 0.25) is 0 Å². The van der Waals surface area contributed by atoms with Gasteiger partial charge < -0.3 is 15.5 Å². The molecule has 3 N–H and O–H groups in total. The van der Waals surface area contributed by atoms with Crippen LogP contribution in [0.3, 0.4) is 0 Å². The molecule has 1 aliphatic rings. The zero-order valence-electron chi connectivity index (χ0n) is 6.95. The van der Waals surface area contributed by atoms with E-state index in [0.717, 1.165) is 25.8 Å². The predicted octanol–water partition coefficient (Wildman–Crippen LogP) is -0.130. The summed E-state index contributed by atoms with van der Waals surface area (Å²) in [6.45, 7) is 2.86. The van der Waals surface area contributed by atoms with Gasteiger partial charge in [-0.1, -0.05) is 6.92 Å². The van der Waals surface area contributed by atoms with E-state index in [0.29, 0.717) is 0 Å². The van der Waals surface area contributed by atoms with E-state index in [1.54, 1.807) is 0 Å². The summed E-state index contributed by atoms with van der Waals surface area (Å²) in [6, 6.07) is 0.101. The van der Waals surface area contributed by atoms with Crippen molar-refractivity contribution in [2.45, 2.75) is 44.4 Å². The lowest BCUT2D eigenvalue weighted by atomic mass is 9.90. The Balaban J connectivity index is 2.38. The molecule has 1 fully saturated rings. The highest BCUT2D eigenvalue weighted by molar-refractivity contribution is 4.85. The lowest BCUT2D eigenvalue weighted by Gasteiger charge is -2.32. The van der Waals surface area contributed by atoms with Crippen LogP contribution in [0.4, 0.5) is 0 Å². The first kappa shape index (κ1) is 8.97. The van der Waals surface area contributed by atoms with Crippen LogP contribution in [-0.2, 0) is 0 Å². The van der Waals surface area contributed by atoms with Crippen molar-refractivity contribution in [1.29, 1.82) is 0 Å². The van der Waals surface area contributed by atoms with E-state index in [9.17, 15) is 10.2 Å². The second-order valence-corrected chi connectivity index (χ2v) is 3.15. The Labute approximate surface area is 67.4 Å². The molecule has 0 aromatic rings. The van der Waals surface area contributed by atoms with E-state index >= 15 is 0 Å². The second-order valence-electron chi connectivity index (χ2n) is 3.15. The number of rotatable bonds is 2. The van der Waals surface area contributed by atoms with Crippen LogP contribution >= 0.6 is 0 Å². The number of hydrogen-bond donors (Lipinski definition) is 3. The third-order valence-corrected chi connectivity index (χ3v) is 2.29. The molecule has 0 unspecified atom stereocenters. The topological polar surface area (TPSA) is 52.5 Å². The van der Waals surface area contributed by atoms with E-state index in [2.05, 4.69) is 5.32 Å². The summed E-state index contributed by atoms with van der Waals surface area (Å²) in [6.07, 6.45) is 1.64. The summed E-state index contributed by atoms with van der Waals surface area (Å²) in [5, 5.41) is 21.9. The predicted molar refractivity (Wildman–Crippen MR) is 43.3 cm³/mol. The Morgan fingerprint density at radius 2 is 2.09 bits per heavy atom. The van der Waals surface area contributed by atoms with Gasteiger partial charge in [0.25, 0.3) is 0 Å². The van der Waals surface area contributed by atoms with Crippen molar-refractivity contribution in [1.82, 2.24) is 5.32 Å². The van der Waals surface area contributed by atoms with Crippen LogP contribution in [-0.4, -0.2) is 35.0 Å². The van der Waals surface area contributed by atoms with Crippen LogP contribution in [0.5, 0.6) is 0 Å². The van der Waals surface area contributed by atoms with E-state index < -0.39 is 12.2 Å². The molecule has 0 aromatic heterocycles. The normalized spacial score (nSPS) is 39.0. The summed E-state index contributed by atoms with van der Waals surface area (Å²) >= 11 is 0. The van der Waals surface area contributed by atoms with Crippen LogP contribution in [0.15, 0.2) is 0 Å². The first-order chi connectivity index (χ1) is 5.25. The molecule has 0 radical (unpaired) electrons. The molecule has 3 heteroatoms. The average molecular weight is 159 g/mol. The molecule has 11 heavy (non-hydrogen) atoms. The minimum atomic E-state index is -0.566. The fourth-order valence-corrected chi connectivity index (χ4v) is 1.64. The van der Waals surface area contributed by atoms with Crippen LogP contribution in [0.25, 0.3) is 0 Å². The Hall–Kier alpha value is -0.120. The molecule has 1 saturated carbocycles. The fraction of sp³-hybridized carbons (Fsp3) is 1.00. The van der Waals surface area contributed by atoms with Crippen LogP contribution in [0, 0.1) is 0 Å². The summed E-state index contributed by atoms with van der Waals surface area (Å²) in [4.78, 5) is 0. The van der Waals surface area contributed by atoms with E-state index in [1.807, 2.05) is 6.92 Å². The molecule has 0 bridgehead atoms. The van der Waals surface area contributed by atoms with Gasteiger partial charge in [0.05, 0.1) is 12.2 Å². The molecule has 3 atom stereocenters. The third kappa shape index (κ3) is 2.15. The lowest BCUT2D eigenvalue weighted by Crippen LogP contribution is -2.48. The Kier molecular flexibility index (Phi) is 3.30. The molecule has 0 spiro atoms. The molecule has 0 heterocycles. The standard InChI is InChI=1S/C8H17NO2/c1-2-9-6-4-3-5-7(10)8(6)11/h6-11H,2-5H2,1H3/t6-,7+,8-/m0/s1. The van der Waals surface area contributed by atoms with Gasteiger partial charge >= 0.3 is 0 Å². The SMILES string of the molecule is CCN[C@H]1CCC[C@@H](O)[C@H]1O. The second kappa shape index (κ2) is 4.04. The maximum atomic E-state index is 9.46. The summed E-state index contributed by atoms with van der Waals surface area (Å²) in [5.41, 5.74) is 0. The molecule has 0 aromatic carbocycles. The third-order valence-electron chi connectivity index (χ3n) is 2.29. The highest BCUT2D eigenvalue weighted by Crippen LogP contribution is 2.18. The number of aliphatic hydroxyl groups excluding tert-OH is 2. The van der Waals surface area contributed by atoms with Gasteiger partial charge in [-0.3, -0.25) is 0 Å². The van der Waals surface area contributed by atoms with Crippen molar-refractivity contribution in [3.8, 4) is 0 Å². The lowest BCUT2D eigenvalue weighted by molar-refractivity contribution is -0.0289. The zero-order valence-corrected chi connectivity index (χ0v) is 6.95. The molecule has 3 nitrogen and oxygen atoms in total. The van der Waals surface area contributed by atoms with Crippen molar-refractivity contribution >= 4 is 0 Å². The van der Waals surface area contributed by atoms with Crippen LogP contribution in [0.2, 0.25) is 0 Å². The Bertz CT molecular complexity index is 117. The monoisotopic (exact) mass is 159 g/mol. The average Bonchev–Trinajstić information content (AvgIpc) is 1.99. The summed E-state index contributed by atoms with van der Waals surface area (Å²) in [7, 11) is 0. The number of aliphatic hydroxyl groups is 2. The fourth-order valence-electron chi connectivity index (χ4n) is 1.64. The van der Waals surface area contributed by atoms with Crippen molar-refractivity contribution in [3.05, 3.63) is 0 Å². The van der Waals surface area contributed by atoms with E-state index in [4.69, 9.17) is 0 Å². The Morgan fingerprint density at radius 1 is 1.36 bits per heavy atom. The minimum absolute atomic E-state index is 0.101. The minimum Gasteiger partial charge on any atom is -0.390 e. The highest BCUT2D eigenvalue weighted by Gasteiger charge is 2.29. The highest BCUT2D eigenvalue weighted by atomic mass is 16.3. The van der Waals surface area contributed by atoms with Crippen LogP contribution < -0.4 is 5.32 Å². The van der Waals surface area contributed by atoms with Crippen molar-refractivity contribution in [3.63, 3.8) is 0 Å². The van der Waals surface area contributed by atoms with Gasteiger partial charge in [-0.2, -0.15) is 0 Å². The first-order valence-corrected chi connectivity index (χ1v) is 4.35. The van der Waals surface area contributed by atoms with E-state index in [-0.39, 0.29) is 6.04 Å².